The van der Waals surface area contributed by atoms with Gasteiger partial charge in [-0.3, -0.25) is 4.79 Å². The predicted molar refractivity (Wildman–Crippen MR) is 104 cm³/mol. The Labute approximate surface area is 156 Å². The van der Waals surface area contributed by atoms with E-state index in [1.54, 1.807) is 6.82 Å². The van der Waals surface area contributed by atoms with Gasteiger partial charge in [0.2, 0.25) is 0 Å². The van der Waals surface area contributed by atoms with Crippen molar-refractivity contribution < 1.29 is 14.9 Å². The molecule has 0 fully saturated rings. The van der Waals surface area contributed by atoms with Gasteiger partial charge in [0.1, 0.15) is 5.54 Å². The lowest BCUT2D eigenvalue weighted by molar-refractivity contribution is -0.144. The molecule has 0 aliphatic rings. The summed E-state index contributed by atoms with van der Waals surface area (Å²) < 4.78 is 0. The molecule has 1 unspecified atom stereocenters. The number of rotatable bonds is 12. The molecule has 25 heavy (non-hydrogen) atoms. The molecule has 0 spiro atoms. The third kappa shape index (κ3) is 8.72. The normalized spacial score (nSPS) is 13.7. The molecule has 1 aromatic carbocycles. The Morgan fingerprint density at radius 2 is 1.84 bits per heavy atom. The molecule has 5 nitrogen and oxygen atoms in total. The highest BCUT2D eigenvalue weighted by Gasteiger charge is 2.32. The van der Waals surface area contributed by atoms with Crippen molar-refractivity contribution in [1.82, 2.24) is 4.90 Å². The summed E-state index contributed by atoms with van der Waals surface area (Å²) in [6, 6.07) is 7.72. The average Bonchev–Trinajstić information content (AvgIpc) is 2.53. The van der Waals surface area contributed by atoms with Crippen LogP contribution in [0.3, 0.4) is 0 Å². The Balaban J connectivity index is 2.38. The number of halogens is 1. The monoisotopic (exact) mass is 368 g/mol. The molecule has 7 heteroatoms. The fraction of sp³-hybridized carbons (Fsp3) is 0.611. The maximum absolute atomic E-state index is 11.5. The molecule has 0 aliphatic carbocycles. The molecule has 1 aromatic rings. The van der Waals surface area contributed by atoms with Crippen LogP contribution >= 0.6 is 11.6 Å². The highest BCUT2D eigenvalue weighted by molar-refractivity contribution is 6.48. The number of unbranched alkanes of at least 4 members (excludes halogenated alkanes) is 1. The number of carboxylic acid groups (broad SMARTS) is 1. The van der Waals surface area contributed by atoms with Gasteiger partial charge >= 0.3 is 5.97 Å². The Hall–Kier alpha value is -1.08. The summed E-state index contributed by atoms with van der Waals surface area (Å²) in [5.74, 6) is -0.940. The van der Waals surface area contributed by atoms with Gasteiger partial charge in [0.15, 0.2) is 0 Å². The largest absolute Gasteiger partial charge is 0.480 e. The molecule has 0 heterocycles. The first-order valence-corrected chi connectivity index (χ1v) is 9.24. The molecular formula is C18H30BClN2O3. The van der Waals surface area contributed by atoms with Crippen molar-refractivity contribution in [3.05, 3.63) is 34.9 Å². The van der Waals surface area contributed by atoms with Gasteiger partial charge in [-0.25, -0.2) is 0 Å². The second-order valence-electron chi connectivity index (χ2n) is 7.02. The Morgan fingerprint density at radius 1 is 1.24 bits per heavy atom. The molecule has 140 valence electrons. The van der Waals surface area contributed by atoms with Crippen LogP contribution in [0.2, 0.25) is 18.2 Å². The zero-order valence-corrected chi connectivity index (χ0v) is 16.0. The summed E-state index contributed by atoms with van der Waals surface area (Å²) in [5.41, 5.74) is 6.11. The van der Waals surface area contributed by atoms with Crippen molar-refractivity contribution in [1.29, 1.82) is 0 Å². The van der Waals surface area contributed by atoms with Gasteiger partial charge in [-0.2, -0.15) is 0 Å². The van der Waals surface area contributed by atoms with E-state index in [9.17, 15) is 14.9 Å². The minimum Gasteiger partial charge on any atom is -0.480 e. The fourth-order valence-electron chi connectivity index (χ4n) is 2.86. The minimum absolute atomic E-state index is 0.349. The van der Waals surface area contributed by atoms with Gasteiger partial charge < -0.3 is 20.8 Å². The van der Waals surface area contributed by atoms with Crippen LogP contribution in [-0.4, -0.2) is 47.0 Å². The van der Waals surface area contributed by atoms with Gasteiger partial charge in [-0.05, 0) is 56.9 Å². The zero-order chi connectivity index (χ0) is 18.9. The van der Waals surface area contributed by atoms with Crippen LogP contribution in [0.15, 0.2) is 24.3 Å². The number of nitrogens with zero attached hydrogens (tertiary/aromatic N) is 1. The Kier molecular flexibility index (Phi) is 9.50. The summed E-state index contributed by atoms with van der Waals surface area (Å²) in [5, 5.41) is 19.5. The van der Waals surface area contributed by atoms with E-state index in [1.807, 2.05) is 31.3 Å². The summed E-state index contributed by atoms with van der Waals surface area (Å²) in [6.45, 7) is 2.96. The lowest BCUT2D eigenvalue weighted by Crippen LogP contribution is -2.48. The van der Waals surface area contributed by atoms with Gasteiger partial charge in [0, 0.05) is 11.6 Å². The average molecular weight is 369 g/mol. The van der Waals surface area contributed by atoms with Crippen LogP contribution in [0, 0.1) is 0 Å². The molecule has 1 rings (SSSR count). The molecule has 1 atom stereocenters. The van der Waals surface area contributed by atoms with E-state index in [4.69, 9.17) is 17.3 Å². The Bertz CT molecular complexity index is 528. The van der Waals surface area contributed by atoms with E-state index in [0.717, 1.165) is 31.0 Å². The van der Waals surface area contributed by atoms with E-state index in [-0.39, 0.29) is 6.92 Å². The second kappa shape index (κ2) is 10.8. The van der Waals surface area contributed by atoms with Crippen molar-refractivity contribution >= 4 is 24.5 Å². The molecule has 0 saturated heterocycles. The number of hydrogen-bond acceptors (Lipinski definition) is 4. The maximum atomic E-state index is 11.5. The summed E-state index contributed by atoms with van der Waals surface area (Å²) in [7, 11) is 2.01. The van der Waals surface area contributed by atoms with Crippen LogP contribution in [0.4, 0.5) is 0 Å². The summed E-state index contributed by atoms with van der Waals surface area (Å²) >= 11 is 5.88. The van der Waals surface area contributed by atoms with Gasteiger partial charge in [0.05, 0.1) is 0 Å². The van der Waals surface area contributed by atoms with Crippen molar-refractivity contribution in [2.45, 2.75) is 57.3 Å². The van der Waals surface area contributed by atoms with Crippen LogP contribution in [-0.2, 0) is 11.3 Å². The minimum atomic E-state index is -1.18. The van der Waals surface area contributed by atoms with E-state index in [0.29, 0.717) is 25.6 Å². The van der Waals surface area contributed by atoms with E-state index < -0.39 is 11.5 Å². The van der Waals surface area contributed by atoms with Crippen LogP contribution in [0.25, 0.3) is 0 Å². The molecular weight excluding hydrogens is 338 g/mol. The number of benzene rings is 1. The summed E-state index contributed by atoms with van der Waals surface area (Å²) in [6.07, 6.45) is 3.80. The van der Waals surface area contributed by atoms with Gasteiger partial charge in [-0.1, -0.05) is 43.4 Å². The molecule has 0 bridgehead atoms. The number of nitrogens with two attached hydrogens (primary N) is 1. The predicted octanol–water partition coefficient (Wildman–Crippen LogP) is 3.12. The number of carboxylic acids is 1. The van der Waals surface area contributed by atoms with E-state index in [2.05, 4.69) is 4.90 Å². The van der Waals surface area contributed by atoms with Crippen LogP contribution < -0.4 is 5.73 Å². The standard InChI is InChI=1S/C18H30BClN2O3/c1-19(25)12-4-3-10-18(21,17(23)24)11-5-13-22(2)14-15-6-8-16(20)9-7-15/h6-9,25H,3-5,10-14,21H2,1-2H3,(H,23,24). The summed E-state index contributed by atoms with van der Waals surface area (Å²) in [4.78, 5) is 13.7. The first-order valence-electron chi connectivity index (χ1n) is 8.86. The molecule has 0 saturated carbocycles. The van der Waals surface area contributed by atoms with Crippen molar-refractivity contribution in [2.75, 3.05) is 13.6 Å². The molecule has 0 aromatic heterocycles. The molecule has 0 aliphatic heterocycles. The smallest absolute Gasteiger partial charge is 0.323 e. The van der Waals surface area contributed by atoms with Crippen molar-refractivity contribution in [3.63, 3.8) is 0 Å². The topological polar surface area (TPSA) is 86.8 Å². The highest BCUT2D eigenvalue weighted by Crippen LogP contribution is 2.20. The first-order chi connectivity index (χ1) is 11.7. The highest BCUT2D eigenvalue weighted by atomic mass is 35.5. The van der Waals surface area contributed by atoms with Crippen molar-refractivity contribution in [3.8, 4) is 0 Å². The van der Waals surface area contributed by atoms with Gasteiger partial charge in [-0.15, -0.1) is 0 Å². The Morgan fingerprint density at radius 3 is 2.40 bits per heavy atom. The number of aliphatic carboxylic acids is 1. The third-order valence-corrected chi connectivity index (χ3v) is 4.70. The van der Waals surface area contributed by atoms with Crippen molar-refractivity contribution in [2.24, 2.45) is 5.73 Å². The fourth-order valence-corrected chi connectivity index (χ4v) is 2.99. The quantitative estimate of drug-likeness (QED) is 0.390. The molecule has 0 radical (unpaired) electrons. The zero-order valence-electron chi connectivity index (χ0n) is 15.2. The van der Waals surface area contributed by atoms with E-state index >= 15 is 0 Å². The lowest BCUT2D eigenvalue weighted by atomic mass is 9.66. The SMILES string of the molecule is CB(O)CCCCC(N)(CCCN(C)Cc1ccc(Cl)cc1)C(=O)O. The molecule has 0 amide bonds. The van der Waals surface area contributed by atoms with Crippen LogP contribution in [0.1, 0.15) is 37.7 Å². The lowest BCUT2D eigenvalue weighted by Gasteiger charge is -2.26. The molecule has 4 N–H and O–H groups in total. The third-order valence-electron chi connectivity index (χ3n) is 4.45. The van der Waals surface area contributed by atoms with Crippen LogP contribution in [0.5, 0.6) is 0 Å². The number of hydrogen-bond donors (Lipinski definition) is 3. The van der Waals surface area contributed by atoms with E-state index in [1.165, 1.54) is 5.56 Å². The second-order valence-corrected chi connectivity index (χ2v) is 7.46. The number of carbonyl (C=O) groups is 1. The van der Waals surface area contributed by atoms with Gasteiger partial charge in [0.25, 0.3) is 6.92 Å². The maximum Gasteiger partial charge on any atom is 0.323 e. The first kappa shape index (κ1) is 22.0.